The number of amides is 2. The second-order valence-corrected chi connectivity index (χ2v) is 7.75. The van der Waals surface area contributed by atoms with Gasteiger partial charge < -0.3 is 14.4 Å². The smallest absolute Gasteiger partial charge is 0.271 e. The zero-order chi connectivity index (χ0) is 20.4. The number of hydrogen-bond acceptors (Lipinski definition) is 2. The minimum absolute atomic E-state index is 0.0264. The summed E-state index contributed by atoms with van der Waals surface area (Å²) in [4.78, 5) is 28.7. The number of carbonyl (C=O) groups is 2. The number of aromatic nitrogens is 1. The highest BCUT2D eigenvalue weighted by molar-refractivity contribution is 9.10. The van der Waals surface area contributed by atoms with Crippen LogP contribution >= 0.6 is 15.9 Å². The van der Waals surface area contributed by atoms with Crippen molar-refractivity contribution in [3.05, 3.63) is 69.8 Å². The number of fused-ring (bicyclic) bond motifs is 1. The Morgan fingerprint density at radius 2 is 1.64 bits per heavy atom. The third-order valence-electron chi connectivity index (χ3n) is 4.90. The van der Waals surface area contributed by atoms with E-state index < -0.39 is 0 Å². The molecule has 0 saturated carbocycles. The van der Waals surface area contributed by atoms with Crippen LogP contribution in [0.5, 0.6) is 0 Å². The van der Waals surface area contributed by atoms with Crippen LogP contribution in [-0.2, 0) is 13.6 Å². The molecule has 0 aliphatic heterocycles. The second-order valence-electron chi connectivity index (χ2n) is 6.95. The van der Waals surface area contributed by atoms with E-state index in [1.54, 1.807) is 19.0 Å². The Balaban J connectivity index is 1.86. The third-order valence-corrected chi connectivity index (χ3v) is 5.70. The lowest BCUT2D eigenvalue weighted by atomic mass is 10.1. The van der Waals surface area contributed by atoms with Crippen molar-refractivity contribution in [2.45, 2.75) is 13.5 Å². The van der Waals surface area contributed by atoms with Crippen LogP contribution in [0.4, 0.5) is 0 Å². The Kier molecular flexibility index (Phi) is 5.89. The maximum Gasteiger partial charge on any atom is 0.271 e. The van der Waals surface area contributed by atoms with E-state index in [9.17, 15) is 9.59 Å². The van der Waals surface area contributed by atoms with Crippen LogP contribution in [0.25, 0.3) is 10.9 Å². The van der Waals surface area contributed by atoms with Crippen molar-refractivity contribution in [2.75, 3.05) is 20.6 Å². The highest BCUT2D eigenvalue weighted by Crippen LogP contribution is 2.31. The molecule has 2 aromatic carbocycles. The first-order valence-electron chi connectivity index (χ1n) is 9.18. The summed E-state index contributed by atoms with van der Waals surface area (Å²) in [6.07, 6.45) is 0. The lowest BCUT2D eigenvalue weighted by Crippen LogP contribution is -2.32. The van der Waals surface area contributed by atoms with Crippen LogP contribution in [0.15, 0.2) is 53.0 Å². The van der Waals surface area contributed by atoms with Gasteiger partial charge in [0.2, 0.25) is 0 Å². The lowest BCUT2D eigenvalue weighted by molar-refractivity contribution is 0.0741. The molecule has 0 unspecified atom stereocenters. The molecular weight excluding hydrogens is 418 g/mol. The van der Waals surface area contributed by atoms with E-state index >= 15 is 0 Å². The highest BCUT2D eigenvalue weighted by Gasteiger charge is 2.23. The SMILES string of the molecule is CCN(Cc1ccc(C(=O)N(C)C)cc1)C(=O)c1c(Br)c2ccccc2n1C. The first-order valence-corrected chi connectivity index (χ1v) is 9.97. The molecule has 3 aromatic rings. The van der Waals surface area contributed by atoms with Gasteiger partial charge in [0.05, 0.1) is 4.47 Å². The Morgan fingerprint density at radius 1 is 1.00 bits per heavy atom. The van der Waals surface area contributed by atoms with Gasteiger partial charge in [-0.15, -0.1) is 0 Å². The van der Waals surface area contributed by atoms with Crippen LogP contribution in [0.1, 0.15) is 33.3 Å². The molecule has 0 bridgehead atoms. The average Bonchev–Trinajstić information content (AvgIpc) is 2.96. The molecule has 0 spiro atoms. The van der Waals surface area contributed by atoms with Crippen molar-refractivity contribution in [3.63, 3.8) is 0 Å². The second kappa shape index (κ2) is 8.19. The van der Waals surface area contributed by atoms with Gasteiger partial charge in [0.15, 0.2) is 0 Å². The predicted octanol–water partition coefficient (Wildman–Crippen LogP) is 4.30. The van der Waals surface area contributed by atoms with E-state index in [-0.39, 0.29) is 11.8 Å². The van der Waals surface area contributed by atoms with Gasteiger partial charge in [0.1, 0.15) is 5.69 Å². The van der Waals surface area contributed by atoms with Gasteiger partial charge >= 0.3 is 0 Å². The molecule has 0 saturated heterocycles. The molecule has 28 heavy (non-hydrogen) atoms. The summed E-state index contributed by atoms with van der Waals surface area (Å²) in [6, 6.07) is 15.4. The molecule has 2 amide bonds. The maximum absolute atomic E-state index is 13.3. The molecule has 5 nitrogen and oxygen atoms in total. The van der Waals surface area contributed by atoms with Crippen LogP contribution in [-0.4, -0.2) is 46.8 Å². The largest absolute Gasteiger partial charge is 0.345 e. The van der Waals surface area contributed by atoms with Gasteiger partial charge in [0, 0.05) is 50.7 Å². The topological polar surface area (TPSA) is 45.6 Å². The Labute approximate surface area is 173 Å². The summed E-state index contributed by atoms with van der Waals surface area (Å²) in [5.74, 6) is -0.0593. The molecule has 1 aromatic heterocycles. The molecule has 0 N–H and O–H groups in total. The number of para-hydroxylation sites is 1. The fourth-order valence-electron chi connectivity index (χ4n) is 3.29. The van der Waals surface area contributed by atoms with Gasteiger partial charge in [-0.1, -0.05) is 30.3 Å². The van der Waals surface area contributed by atoms with Crippen molar-refractivity contribution in [3.8, 4) is 0 Å². The van der Waals surface area contributed by atoms with Gasteiger partial charge in [-0.3, -0.25) is 9.59 Å². The number of benzene rings is 2. The summed E-state index contributed by atoms with van der Waals surface area (Å²) in [5, 5.41) is 1.02. The number of halogens is 1. The maximum atomic E-state index is 13.3. The van der Waals surface area contributed by atoms with Crippen LogP contribution in [0.3, 0.4) is 0 Å². The van der Waals surface area contributed by atoms with E-state index in [1.165, 1.54) is 0 Å². The van der Waals surface area contributed by atoms with Crippen molar-refractivity contribution in [1.82, 2.24) is 14.4 Å². The van der Waals surface area contributed by atoms with Crippen LogP contribution in [0.2, 0.25) is 0 Å². The van der Waals surface area contributed by atoms with Gasteiger partial charge in [-0.25, -0.2) is 0 Å². The van der Waals surface area contributed by atoms with E-state index in [2.05, 4.69) is 15.9 Å². The van der Waals surface area contributed by atoms with Gasteiger partial charge in [-0.05, 0) is 46.6 Å². The molecule has 0 radical (unpaired) electrons. The highest BCUT2D eigenvalue weighted by atomic mass is 79.9. The van der Waals surface area contributed by atoms with E-state index in [0.29, 0.717) is 24.3 Å². The molecule has 1 heterocycles. The first kappa shape index (κ1) is 20.1. The number of hydrogen-bond donors (Lipinski definition) is 0. The van der Waals surface area contributed by atoms with Gasteiger partial charge in [0.25, 0.3) is 11.8 Å². The summed E-state index contributed by atoms with van der Waals surface area (Å²) in [6.45, 7) is 3.04. The van der Waals surface area contributed by atoms with E-state index in [1.807, 2.05) is 72.0 Å². The predicted molar refractivity (Wildman–Crippen MR) is 115 cm³/mol. The number of nitrogens with zero attached hydrogens (tertiary/aromatic N) is 3. The quantitative estimate of drug-likeness (QED) is 0.592. The molecule has 0 atom stereocenters. The number of aryl methyl sites for hydroxylation is 1. The van der Waals surface area contributed by atoms with Crippen LogP contribution in [0, 0.1) is 0 Å². The average molecular weight is 442 g/mol. The third kappa shape index (κ3) is 3.69. The van der Waals surface area contributed by atoms with E-state index in [4.69, 9.17) is 0 Å². The van der Waals surface area contributed by atoms with Crippen molar-refractivity contribution >= 4 is 38.6 Å². The van der Waals surface area contributed by atoms with E-state index in [0.717, 1.165) is 20.9 Å². The minimum atomic E-state index is -0.0330. The van der Waals surface area contributed by atoms with Crippen LogP contribution < -0.4 is 0 Å². The zero-order valence-electron chi connectivity index (χ0n) is 16.6. The zero-order valence-corrected chi connectivity index (χ0v) is 18.2. The lowest BCUT2D eigenvalue weighted by Gasteiger charge is -2.22. The molecule has 146 valence electrons. The molecule has 0 fully saturated rings. The summed E-state index contributed by atoms with van der Waals surface area (Å²) < 4.78 is 2.75. The Morgan fingerprint density at radius 3 is 2.21 bits per heavy atom. The molecule has 3 rings (SSSR count). The summed E-state index contributed by atoms with van der Waals surface area (Å²) in [7, 11) is 5.38. The monoisotopic (exact) mass is 441 g/mol. The Hall–Kier alpha value is -2.60. The Bertz CT molecular complexity index is 983. The summed E-state index contributed by atoms with van der Waals surface area (Å²) in [5.41, 5.74) is 3.28. The standard InChI is InChI=1S/C22H24BrN3O2/c1-5-26(14-15-10-12-16(13-11-15)21(27)24(2)3)22(28)20-19(23)17-8-6-7-9-18(17)25(20)4/h6-13H,5,14H2,1-4H3. The first-order chi connectivity index (χ1) is 13.3. The normalized spacial score (nSPS) is 10.9. The van der Waals surface area contributed by atoms with Crippen molar-refractivity contribution in [2.24, 2.45) is 7.05 Å². The fourth-order valence-corrected chi connectivity index (χ4v) is 4.06. The number of rotatable bonds is 5. The van der Waals surface area contributed by atoms with Gasteiger partial charge in [-0.2, -0.15) is 0 Å². The number of carbonyl (C=O) groups excluding carboxylic acids is 2. The molecule has 0 aliphatic rings. The summed E-state index contributed by atoms with van der Waals surface area (Å²) >= 11 is 3.61. The van der Waals surface area contributed by atoms with Crippen molar-refractivity contribution in [1.29, 1.82) is 0 Å². The molecular formula is C22H24BrN3O2. The fraction of sp³-hybridized carbons (Fsp3) is 0.273. The van der Waals surface area contributed by atoms with Crippen molar-refractivity contribution < 1.29 is 9.59 Å². The molecule has 0 aliphatic carbocycles. The molecule has 6 heteroatoms. The minimum Gasteiger partial charge on any atom is -0.345 e.